The molecule has 44 heavy (non-hydrogen) atoms. The van der Waals surface area contributed by atoms with Crippen molar-refractivity contribution in [2.45, 2.75) is 84.3 Å². The third kappa shape index (κ3) is 6.02. The van der Waals surface area contributed by atoms with Crippen molar-refractivity contribution in [2.24, 2.45) is 7.05 Å². The van der Waals surface area contributed by atoms with Gasteiger partial charge in [0.1, 0.15) is 5.01 Å². The van der Waals surface area contributed by atoms with Crippen LogP contribution in [0.2, 0.25) is 5.02 Å². The van der Waals surface area contributed by atoms with E-state index in [1.165, 1.54) is 37.7 Å². The number of thiazole rings is 1. The minimum Gasteiger partial charge on any atom is -0.464 e. The first-order chi connectivity index (χ1) is 21.0. The molecule has 8 heteroatoms. The van der Waals surface area contributed by atoms with E-state index in [1.54, 1.807) is 11.3 Å². The van der Waals surface area contributed by atoms with Crippen LogP contribution < -0.4 is 0 Å². The van der Waals surface area contributed by atoms with Gasteiger partial charge in [-0.1, -0.05) is 43.0 Å². The minimum absolute atomic E-state index is 0.265. The van der Waals surface area contributed by atoms with Crippen molar-refractivity contribution in [3.63, 3.8) is 0 Å². The Hall–Kier alpha value is -3.26. The first kappa shape index (κ1) is 30.8. The fraction of sp³-hybridized carbons (Fsp3) is 0.417. The van der Waals surface area contributed by atoms with Gasteiger partial charge < -0.3 is 14.0 Å². The third-order valence-corrected chi connectivity index (χ3v) is 9.78. The quantitative estimate of drug-likeness (QED) is 0.168. The highest BCUT2D eigenvalue weighted by molar-refractivity contribution is 7.22. The number of carbonyl (C=O) groups is 1. The zero-order valence-electron chi connectivity index (χ0n) is 26.4. The van der Waals surface area contributed by atoms with Crippen LogP contribution in [-0.2, 0) is 21.3 Å². The Morgan fingerprint density at radius 2 is 1.82 bits per heavy atom. The monoisotopic (exact) mass is 629 g/mol. The van der Waals surface area contributed by atoms with Gasteiger partial charge in [0.25, 0.3) is 0 Å². The fourth-order valence-corrected chi connectivity index (χ4v) is 7.70. The van der Waals surface area contributed by atoms with Gasteiger partial charge in [-0.25, -0.2) is 14.8 Å². The summed E-state index contributed by atoms with van der Waals surface area (Å²) in [5, 5.41) is 1.49. The molecule has 0 saturated heterocycles. The first-order valence-corrected chi connectivity index (χ1v) is 16.7. The lowest BCUT2D eigenvalue weighted by molar-refractivity contribution is -0.166. The van der Waals surface area contributed by atoms with Crippen molar-refractivity contribution in [3.8, 4) is 21.8 Å². The van der Waals surface area contributed by atoms with Crippen LogP contribution in [0.5, 0.6) is 0 Å². The number of aromatic nitrogens is 3. The summed E-state index contributed by atoms with van der Waals surface area (Å²) in [6.07, 6.45) is 7.68. The molecule has 0 radical (unpaired) electrons. The minimum atomic E-state index is -0.910. The lowest BCUT2D eigenvalue weighted by atomic mass is 9.85. The second kappa shape index (κ2) is 12.3. The molecule has 6 nitrogen and oxygen atoms in total. The molecule has 0 spiro atoms. The molecule has 6 rings (SSSR count). The van der Waals surface area contributed by atoms with Crippen LogP contribution in [0.1, 0.15) is 88.5 Å². The van der Waals surface area contributed by atoms with Crippen molar-refractivity contribution in [1.82, 2.24) is 14.5 Å². The van der Waals surface area contributed by atoms with Crippen LogP contribution in [0.15, 0.2) is 48.7 Å². The van der Waals surface area contributed by atoms with Crippen LogP contribution in [-0.4, -0.2) is 32.7 Å². The molecule has 1 saturated carbocycles. The van der Waals surface area contributed by atoms with Gasteiger partial charge in [0.05, 0.1) is 39.2 Å². The van der Waals surface area contributed by atoms with E-state index < -0.39 is 17.7 Å². The van der Waals surface area contributed by atoms with E-state index in [9.17, 15) is 4.79 Å². The highest BCUT2D eigenvalue weighted by Crippen LogP contribution is 2.45. The van der Waals surface area contributed by atoms with Crippen LogP contribution in [0.3, 0.4) is 0 Å². The maximum absolute atomic E-state index is 13.5. The summed E-state index contributed by atoms with van der Waals surface area (Å²) in [4.78, 5) is 23.8. The number of hydrogen-bond acceptors (Lipinski definition) is 6. The molecule has 3 heterocycles. The molecule has 3 aromatic heterocycles. The van der Waals surface area contributed by atoms with Crippen LogP contribution in [0.25, 0.3) is 43.1 Å². The summed E-state index contributed by atoms with van der Waals surface area (Å²) in [5.41, 5.74) is 8.24. The number of fused-ring (bicyclic) bond motifs is 2. The van der Waals surface area contributed by atoms with Crippen molar-refractivity contribution < 1.29 is 14.3 Å². The fourth-order valence-electron chi connectivity index (χ4n) is 6.48. The zero-order chi connectivity index (χ0) is 31.2. The van der Waals surface area contributed by atoms with Gasteiger partial charge in [-0.2, -0.15) is 0 Å². The number of pyridine rings is 1. The smallest absolute Gasteiger partial charge is 0.339 e. The number of aryl methyl sites for hydroxylation is 2. The van der Waals surface area contributed by atoms with Crippen LogP contribution in [0, 0.1) is 6.92 Å². The number of nitrogens with zero attached hydrogens (tertiary/aromatic N) is 3. The standard InChI is InChI=1S/C36H40ClN3O3S/c1-7-42-35(41)32(43-36(3,4)5)29-21(2)19-27-33(30(29)23-13-15-24(37)16-14-23)44-34(39-27)26-17-18-28-31(38-26)25(20-40(28)6)22-11-9-8-10-12-22/h13-20,22,32H,7-12H2,1-6H3/t32-/m0/s1. The number of rotatable bonds is 7. The molecule has 1 aliphatic carbocycles. The van der Waals surface area contributed by atoms with E-state index in [1.807, 2.05) is 58.9 Å². The van der Waals surface area contributed by atoms with Crippen molar-refractivity contribution in [3.05, 3.63) is 70.4 Å². The van der Waals surface area contributed by atoms with Gasteiger partial charge in [-0.3, -0.25) is 0 Å². The summed E-state index contributed by atoms with van der Waals surface area (Å²) < 4.78 is 15.2. The lowest BCUT2D eigenvalue weighted by Gasteiger charge is -2.29. The second-order valence-corrected chi connectivity index (χ2v) is 14.2. The second-order valence-electron chi connectivity index (χ2n) is 12.8. The molecule has 0 unspecified atom stereocenters. The molecule has 2 aromatic carbocycles. The topological polar surface area (TPSA) is 66.2 Å². The van der Waals surface area contributed by atoms with E-state index >= 15 is 0 Å². The summed E-state index contributed by atoms with van der Waals surface area (Å²) in [7, 11) is 2.11. The zero-order valence-corrected chi connectivity index (χ0v) is 27.9. The summed E-state index contributed by atoms with van der Waals surface area (Å²) in [6.45, 7) is 9.94. The first-order valence-electron chi connectivity index (χ1n) is 15.5. The van der Waals surface area contributed by atoms with Crippen molar-refractivity contribution in [1.29, 1.82) is 0 Å². The van der Waals surface area contributed by atoms with Gasteiger partial charge in [-0.05, 0) is 100 Å². The SMILES string of the molecule is CCOC(=O)[C@@H](OC(C)(C)C)c1c(C)cc2nc(-c3ccc4c(n3)c(C3CCCCC3)cn4C)sc2c1-c1ccc(Cl)cc1. The largest absolute Gasteiger partial charge is 0.464 e. The average molecular weight is 630 g/mol. The Balaban J connectivity index is 1.55. The van der Waals surface area contributed by atoms with E-state index in [0.717, 1.165) is 54.2 Å². The number of benzene rings is 2. The molecule has 1 atom stereocenters. The Bertz CT molecular complexity index is 1830. The molecule has 0 N–H and O–H groups in total. The van der Waals surface area contributed by atoms with Gasteiger partial charge in [0, 0.05) is 29.4 Å². The maximum Gasteiger partial charge on any atom is 0.339 e. The number of ether oxygens (including phenoxy) is 2. The van der Waals surface area contributed by atoms with Gasteiger partial charge in [0.15, 0.2) is 6.10 Å². The molecular weight excluding hydrogens is 590 g/mol. The summed E-state index contributed by atoms with van der Waals surface area (Å²) in [5.74, 6) is 0.145. The number of esters is 1. The number of halogens is 1. The molecule has 1 aliphatic rings. The van der Waals surface area contributed by atoms with E-state index in [0.29, 0.717) is 10.9 Å². The Labute approximate surface area is 268 Å². The predicted octanol–water partition coefficient (Wildman–Crippen LogP) is 9.95. The van der Waals surface area contributed by atoms with Gasteiger partial charge >= 0.3 is 5.97 Å². The third-order valence-electron chi connectivity index (χ3n) is 8.42. The van der Waals surface area contributed by atoms with Gasteiger partial charge in [0.2, 0.25) is 0 Å². The molecule has 0 bridgehead atoms. The summed E-state index contributed by atoms with van der Waals surface area (Å²) >= 11 is 7.91. The van der Waals surface area contributed by atoms with E-state index in [-0.39, 0.29) is 6.61 Å². The highest BCUT2D eigenvalue weighted by Gasteiger charge is 2.33. The van der Waals surface area contributed by atoms with E-state index in [4.69, 9.17) is 31.0 Å². The van der Waals surface area contributed by atoms with Crippen molar-refractivity contribution >= 4 is 50.2 Å². The molecule has 0 amide bonds. The molecule has 0 aliphatic heterocycles. The van der Waals surface area contributed by atoms with E-state index in [2.05, 4.69) is 36.0 Å². The average Bonchev–Trinajstić information content (AvgIpc) is 3.56. The Morgan fingerprint density at radius 1 is 1.09 bits per heavy atom. The van der Waals surface area contributed by atoms with Crippen LogP contribution in [0.4, 0.5) is 0 Å². The lowest BCUT2D eigenvalue weighted by Crippen LogP contribution is -2.29. The Morgan fingerprint density at radius 3 is 2.50 bits per heavy atom. The number of hydrogen-bond donors (Lipinski definition) is 0. The highest BCUT2D eigenvalue weighted by atomic mass is 35.5. The molecule has 230 valence electrons. The molecule has 5 aromatic rings. The van der Waals surface area contributed by atoms with Crippen molar-refractivity contribution in [2.75, 3.05) is 6.61 Å². The maximum atomic E-state index is 13.5. The summed E-state index contributed by atoms with van der Waals surface area (Å²) in [6, 6.07) is 14.0. The molecular formula is C36H40ClN3O3S. The van der Waals surface area contributed by atoms with Crippen LogP contribution >= 0.6 is 22.9 Å². The van der Waals surface area contributed by atoms with Gasteiger partial charge in [-0.15, -0.1) is 11.3 Å². The Kier molecular flexibility index (Phi) is 8.57. The predicted molar refractivity (Wildman–Crippen MR) is 181 cm³/mol. The number of carbonyl (C=O) groups excluding carboxylic acids is 1. The normalized spacial score (nSPS) is 15.2. The molecule has 1 fully saturated rings.